The zero-order valence-electron chi connectivity index (χ0n) is 15.8. The minimum atomic E-state index is 0.299. The van der Waals surface area contributed by atoms with Crippen LogP contribution in [0.1, 0.15) is 36.4 Å². The fraction of sp³-hybridized carbons (Fsp3) is 0.292. The van der Waals surface area contributed by atoms with E-state index in [9.17, 15) is 0 Å². The molecule has 1 saturated heterocycles. The lowest BCUT2D eigenvalue weighted by molar-refractivity contribution is 0.187. The molecule has 0 amide bonds. The van der Waals surface area contributed by atoms with E-state index >= 15 is 0 Å². The number of pyridine rings is 1. The summed E-state index contributed by atoms with van der Waals surface area (Å²) in [5.41, 5.74) is 5.06. The third kappa shape index (κ3) is 4.04. The number of ether oxygens (including phenoxy) is 1. The highest BCUT2D eigenvalue weighted by atomic mass is 16.5. The van der Waals surface area contributed by atoms with Crippen molar-refractivity contribution in [1.82, 2.24) is 9.88 Å². The van der Waals surface area contributed by atoms with Crippen LogP contribution < -0.4 is 4.74 Å². The first-order valence-electron chi connectivity index (χ1n) is 9.73. The minimum absolute atomic E-state index is 0.299. The zero-order chi connectivity index (χ0) is 18.5. The van der Waals surface area contributed by atoms with Gasteiger partial charge in [-0.25, -0.2) is 0 Å². The summed E-state index contributed by atoms with van der Waals surface area (Å²) in [6.07, 6.45) is 7.70. The SMILES string of the molecule is COc1cccc(-c2ccc(C(c3ccncc3)N3CCCCC3)cc2)c1. The predicted molar refractivity (Wildman–Crippen MR) is 110 cm³/mol. The van der Waals surface area contributed by atoms with Crippen LogP contribution in [-0.4, -0.2) is 30.1 Å². The van der Waals surface area contributed by atoms with Crippen molar-refractivity contribution in [2.75, 3.05) is 20.2 Å². The lowest BCUT2D eigenvalue weighted by Crippen LogP contribution is -2.34. The molecule has 27 heavy (non-hydrogen) atoms. The van der Waals surface area contributed by atoms with Gasteiger partial charge in [0.2, 0.25) is 0 Å². The second-order valence-corrected chi connectivity index (χ2v) is 7.13. The highest BCUT2D eigenvalue weighted by molar-refractivity contribution is 5.65. The molecule has 1 aliphatic rings. The van der Waals surface area contributed by atoms with Gasteiger partial charge in [-0.1, -0.05) is 42.8 Å². The number of aromatic nitrogens is 1. The molecule has 1 aromatic heterocycles. The number of piperidine rings is 1. The fourth-order valence-corrected chi connectivity index (χ4v) is 4.00. The van der Waals surface area contributed by atoms with Crippen LogP contribution in [0.3, 0.4) is 0 Å². The molecule has 3 heteroatoms. The maximum Gasteiger partial charge on any atom is 0.119 e. The molecule has 2 heterocycles. The summed E-state index contributed by atoms with van der Waals surface area (Å²) in [6.45, 7) is 2.31. The van der Waals surface area contributed by atoms with Crippen molar-refractivity contribution in [1.29, 1.82) is 0 Å². The van der Waals surface area contributed by atoms with Gasteiger partial charge in [-0.2, -0.15) is 0 Å². The number of hydrogen-bond donors (Lipinski definition) is 0. The number of likely N-dealkylation sites (tertiary alicyclic amines) is 1. The first-order valence-corrected chi connectivity index (χ1v) is 9.73. The van der Waals surface area contributed by atoms with Gasteiger partial charge in [0.05, 0.1) is 13.2 Å². The smallest absolute Gasteiger partial charge is 0.119 e. The second kappa shape index (κ2) is 8.36. The molecule has 1 unspecified atom stereocenters. The van der Waals surface area contributed by atoms with Crippen LogP contribution in [0.4, 0.5) is 0 Å². The molecule has 3 aromatic rings. The summed E-state index contributed by atoms with van der Waals surface area (Å²) in [6, 6.07) is 21.8. The first kappa shape index (κ1) is 17.7. The van der Waals surface area contributed by atoms with Gasteiger partial charge in [0.15, 0.2) is 0 Å². The van der Waals surface area contributed by atoms with Crippen LogP contribution in [0.5, 0.6) is 5.75 Å². The fourth-order valence-electron chi connectivity index (χ4n) is 4.00. The molecule has 0 N–H and O–H groups in total. The molecule has 0 radical (unpaired) electrons. The minimum Gasteiger partial charge on any atom is -0.497 e. The largest absolute Gasteiger partial charge is 0.497 e. The third-order valence-electron chi connectivity index (χ3n) is 5.41. The standard InChI is InChI=1S/C24H26N2O/c1-27-23-7-5-6-22(18-23)19-8-10-20(11-9-19)24(21-12-14-25-15-13-21)26-16-3-2-4-17-26/h5-15,18,24H,2-4,16-17H2,1H3. The van der Waals surface area contributed by atoms with Crippen molar-refractivity contribution in [3.63, 3.8) is 0 Å². The summed E-state index contributed by atoms with van der Waals surface area (Å²) in [4.78, 5) is 6.82. The van der Waals surface area contributed by atoms with Crippen LogP contribution in [0.25, 0.3) is 11.1 Å². The Morgan fingerprint density at radius 1 is 0.815 bits per heavy atom. The second-order valence-electron chi connectivity index (χ2n) is 7.13. The van der Waals surface area contributed by atoms with Crippen LogP contribution in [0.2, 0.25) is 0 Å². The van der Waals surface area contributed by atoms with Gasteiger partial charge in [-0.05, 0) is 72.5 Å². The lowest BCUT2D eigenvalue weighted by Gasteiger charge is -2.35. The van der Waals surface area contributed by atoms with Crippen LogP contribution in [-0.2, 0) is 0 Å². The van der Waals surface area contributed by atoms with Gasteiger partial charge in [-0.15, -0.1) is 0 Å². The molecular formula is C24H26N2O. The Balaban J connectivity index is 1.66. The first-order chi connectivity index (χ1) is 13.3. The molecule has 2 aromatic carbocycles. The van der Waals surface area contributed by atoms with E-state index in [1.54, 1.807) is 7.11 Å². The Bertz CT molecular complexity index is 855. The summed E-state index contributed by atoms with van der Waals surface area (Å²) >= 11 is 0. The van der Waals surface area contributed by atoms with Crippen LogP contribution in [0.15, 0.2) is 73.1 Å². The van der Waals surface area contributed by atoms with Crippen molar-refractivity contribution < 1.29 is 4.74 Å². The number of methoxy groups -OCH3 is 1. The van der Waals surface area contributed by atoms with Gasteiger partial charge in [0.1, 0.15) is 5.75 Å². The van der Waals surface area contributed by atoms with Gasteiger partial charge in [0, 0.05) is 12.4 Å². The monoisotopic (exact) mass is 358 g/mol. The molecule has 3 nitrogen and oxygen atoms in total. The zero-order valence-corrected chi connectivity index (χ0v) is 15.8. The van der Waals surface area contributed by atoms with Crippen LogP contribution >= 0.6 is 0 Å². The lowest BCUT2D eigenvalue weighted by atomic mass is 9.94. The van der Waals surface area contributed by atoms with E-state index in [4.69, 9.17) is 4.74 Å². The summed E-state index contributed by atoms with van der Waals surface area (Å²) in [5.74, 6) is 0.888. The maximum atomic E-state index is 5.36. The molecule has 1 fully saturated rings. The van der Waals surface area contributed by atoms with Crippen molar-refractivity contribution in [3.8, 4) is 16.9 Å². The normalized spacial score (nSPS) is 16.0. The van der Waals surface area contributed by atoms with E-state index in [0.29, 0.717) is 6.04 Å². The van der Waals surface area contributed by atoms with E-state index in [1.165, 1.54) is 41.5 Å². The molecule has 1 aliphatic heterocycles. The Kier molecular flexibility index (Phi) is 5.50. The van der Waals surface area contributed by atoms with E-state index in [0.717, 1.165) is 18.8 Å². The molecule has 0 aliphatic carbocycles. The van der Waals surface area contributed by atoms with Crippen LogP contribution in [0, 0.1) is 0 Å². The number of hydrogen-bond acceptors (Lipinski definition) is 3. The van der Waals surface area contributed by atoms with Gasteiger partial charge in [0.25, 0.3) is 0 Å². The topological polar surface area (TPSA) is 25.4 Å². The summed E-state index contributed by atoms with van der Waals surface area (Å²) in [7, 11) is 1.71. The van der Waals surface area contributed by atoms with E-state index in [1.807, 2.05) is 24.5 Å². The molecule has 4 rings (SSSR count). The average molecular weight is 358 g/mol. The third-order valence-corrected chi connectivity index (χ3v) is 5.41. The number of nitrogens with zero attached hydrogens (tertiary/aromatic N) is 2. The Labute approximate surface area is 161 Å². The Morgan fingerprint density at radius 3 is 2.22 bits per heavy atom. The number of rotatable bonds is 5. The summed E-state index contributed by atoms with van der Waals surface area (Å²) < 4.78 is 5.36. The molecule has 0 saturated carbocycles. The number of benzene rings is 2. The van der Waals surface area contributed by atoms with E-state index < -0.39 is 0 Å². The van der Waals surface area contributed by atoms with Gasteiger partial charge in [-0.3, -0.25) is 9.88 Å². The molecule has 1 atom stereocenters. The molecular weight excluding hydrogens is 332 g/mol. The quantitative estimate of drug-likeness (QED) is 0.616. The van der Waals surface area contributed by atoms with E-state index in [-0.39, 0.29) is 0 Å². The maximum absolute atomic E-state index is 5.36. The van der Waals surface area contributed by atoms with Gasteiger partial charge < -0.3 is 4.74 Å². The highest BCUT2D eigenvalue weighted by Crippen LogP contribution is 2.32. The van der Waals surface area contributed by atoms with Crippen molar-refractivity contribution in [3.05, 3.63) is 84.2 Å². The molecule has 0 bridgehead atoms. The Hall–Kier alpha value is -2.65. The van der Waals surface area contributed by atoms with E-state index in [2.05, 4.69) is 58.4 Å². The van der Waals surface area contributed by atoms with Crippen molar-refractivity contribution in [2.24, 2.45) is 0 Å². The summed E-state index contributed by atoms with van der Waals surface area (Å²) in [5, 5.41) is 0. The highest BCUT2D eigenvalue weighted by Gasteiger charge is 2.23. The molecule has 138 valence electrons. The van der Waals surface area contributed by atoms with Crippen molar-refractivity contribution in [2.45, 2.75) is 25.3 Å². The Morgan fingerprint density at radius 2 is 1.52 bits per heavy atom. The van der Waals surface area contributed by atoms with Gasteiger partial charge >= 0.3 is 0 Å². The van der Waals surface area contributed by atoms with Crippen molar-refractivity contribution >= 4 is 0 Å². The average Bonchev–Trinajstić information content (AvgIpc) is 2.76. The predicted octanol–water partition coefficient (Wildman–Crippen LogP) is 5.33. The molecule has 0 spiro atoms.